The fraction of sp³-hybridized carbons (Fsp3) is 0.308. The molecule has 0 N–H and O–H groups in total. The molecule has 3 rings (SSSR count). The Bertz CT molecular complexity index is 841. The molecule has 0 aliphatic rings. The normalized spacial score (nSPS) is 11.0. The first-order valence-electron chi connectivity index (χ1n) is 6.91. The molecule has 0 spiro atoms. The topological polar surface area (TPSA) is 78.5 Å². The van der Waals surface area contributed by atoms with E-state index >= 15 is 0 Å². The molecule has 23 heavy (non-hydrogen) atoms. The second-order valence-electron chi connectivity index (χ2n) is 4.62. The van der Waals surface area contributed by atoms with Crippen molar-refractivity contribution in [1.29, 1.82) is 0 Å². The number of aromatic nitrogens is 6. The predicted molar refractivity (Wildman–Crippen MR) is 90.7 cm³/mol. The Kier molecular flexibility index (Phi) is 5.09. The first kappa shape index (κ1) is 16.2. The Balaban J connectivity index is 1.78. The zero-order valence-corrected chi connectivity index (χ0v) is 14.6. The molecule has 0 fully saturated rings. The monoisotopic (exact) mass is 368 g/mol. The fourth-order valence-electron chi connectivity index (χ4n) is 1.80. The van der Waals surface area contributed by atoms with Crippen LogP contribution in [0.5, 0.6) is 0 Å². The van der Waals surface area contributed by atoms with Gasteiger partial charge in [-0.2, -0.15) is 9.36 Å². The number of benzene rings is 1. The van der Waals surface area contributed by atoms with Crippen LogP contribution in [-0.4, -0.2) is 35.7 Å². The van der Waals surface area contributed by atoms with Crippen molar-refractivity contribution in [3.63, 3.8) is 0 Å². The standard InChI is InChI=1S/C13H13ClN6OS2/c1-2-7-22-12-16-15-11(23-12)8-19-13(21)20(18-17-19)10-5-3-9(14)4-6-10/h3-6H,2,7-8H2,1H3. The van der Waals surface area contributed by atoms with E-state index in [0.29, 0.717) is 10.7 Å². The van der Waals surface area contributed by atoms with Crippen LogP contribution >= 0.6 is 34.7 Å². The Hall–Kier alpha value is -1.71. The molecule has 0 aliphatic carbocycles. The molecule has 0 bridgehead atoms. The van der Waals surface area contributed by atoms with E-state index in [1.807, 2.05) is 0 Å². The van der Waals surface area contributed by atoms with Crippen LogP contribution in [0.1, 0.15) is 18.4 Å². The summed E-state index contributed by atoms with van der Waals surface area (Å²) in [7, 11) is 0. The zero-order valence-electron chi connectivity index (χ0n) is 12.2. The number of rotatable bonds is 6. The number of hydrogen-bond acceptors (Lipinski definition) is 7. The van der Waals surface area contributed by atoms with E-state index in [0.717, 1.165) is 21.5 Å². The minimum Gasteiger partial charge on any atom is -0.244 e. The van der Waals surface area contributed by atoms with Crippen LogP contribution in [0.4, 0.5) is 0 Å². The maximum absolute atomic E-state index is 12.4. The van der Waals surface area contributed by atoms with Crippen molar-refractivity contribution >= 4 is 34.7 Å². The van der Waals surface area contributed by atoms with Gasteiger partial charge in [0.25, 0.3) is 0 Å². The molecule has 0 atom stereocenters. The van der Waals surface area contributed by atoms with Crippen molar-refractivity contribution in [1.82, 2.24) is 30.0 Å². The van der Waals surface area contributed by atoms with Crippen LogP contribution in [0.2, 0.25) is 5.02 Å². The molecule has 0 radical (unpaired) electrons. The molecule has 7 nitrogen and oxygen atoms in total. The van der Waals surface area contributed by atoms with Gasteiger partial charge in [0.05, 0.1) is 5.69 Å². The minimum atomic E-state index is -0.328. The van der Waals surface area contributed by atoms with Gasteiger partial charge in [0, 0.05) is 10.8 Å². The Morgan fingerprint density at radius 3 is 2.74 bits per heavy atom. The maximum Gasteiger partial charge on any atom is 0.368 e. The smallest absolute Gasteiger partial charge is 0.244 e. The van der Waals surface area contributed by atoms with Crippen LogP contribution in [0.15, 0.2) is 33.4 Å². The predicted octanol–water partition coefficient (Wildman–Crippen LogP) is 2.48. The molecule has 120 valence electrons. The summed E-state index contributed by atoms with van der Waals surface area (Å²) < 4.78 is 3.40. The minimum absolute atomic E-state index is 0.261. The third-order valence-electron chi connectivity index (χ3n) is 2.87. The Morgan fingerprint density at radius 1 is 1.22 bits per heavy atom. The van der Waals surface area contributed by atoms with Gasteiger partial charge >= 0.3 is 5.69 Å². The number of halogens is 1. The lowest BCUT2D eigenvalue weighted by Gasteiger charge is -1.97. The van der Waals surface area contributed by atoms with Crippen molar-refractivity contribution in [2.24, 2.45) is 0 Å². The maximum atomic E-state index is 12.4. The van der Waals surface area contributed by atoms with Gasteiger partial charge in [0.2, 0.25) is 0 Å². The van der Waals surface area contributed by atoms with Crippen molar-refractivity contribution < 1.29 is 0 Å². The highest BCUT2D eigenvalue weighted by Gasteiger charge is 2.12. The molecular formula is C13H13ClN6OS2. The van der Waals surface area contributed by atoms with Gasteiger partial charge in [-0.1, -0.05) is 41.6 Å². The highest BCUT2D eigenvalue weighted by Crippen LogP contribution is 2.23. The molecule has 0 saturated heterocycles. The molecule has 2 aromatic heterocycles. The highest BCUT2D eigenvalue weighted by atomic mass is 35.5. The summed E-state index contributed by atoms with van der Waals surface area (Å²) in [5.74, 6) is 1.00. The summed E-state index contributed by atoms with van der Waals surface area (Å²) in [6.45, 7) is 2.38. The fourth-order valence-corrected chi connectivity index (χ4v) is 3.72. The van der Waals surface area contributed by atoms with Crippen molar-refractivity contribution in [2.45, 2.75) is 24.2 Å². The summed E-state index contributed by atoms with van der Waals surface area (Å²) in [6, 6.07) is 6.83. The highest BCUT2D eigenvalue weighted by molar-refractivity contribution is 8.01. The van der Waals surface area contributed by atoms with Gasteiger partial charge in [0.15, 0.2) is 4.34 Å². The molecule has 1 aromatic carbocycles. The zero-order chi connectivity index (χ0) is 16.2. The lowest BCUT2D eigenvalue weighted by molar-refractivity contribution is 0.625. The first-order chi connectivity index (χ1) is 11.2. The molecule has 10 heteroatoms. The molecule has 2 heterocycles. The number of hydrogen-bond donors (Lipinski definition) is 0. The Morgan fingerprint density at radius 2 is 2.00 bits per heavy atom. The molecule has 3 aromatic rings. The van der Waals surface area contributed by atoms with Crippen LogP contribution in [0.3, 0.4) is 0 Å². The average molecular weight is 369 g/mol. The lowest BCUT2D eigenvalue weighted by atomic mass is 10.3. The van der Waals surface area contributed by atoms with Gasteiger partial charge in [-0.15, -0.1) is 10.2 Å². The van der Waals surface area contributed by atoms with Gasteiger partial charge < -0.3 is 0 Å². The van der Waals surface area contributed by atoms with E-state index in [4.69, 9.17) is 11.6 Å². The molecule has 0 unspecified atom stereocenters. The third kappa shape index (κ3) is 3.80. The summed E-state index contributed by atoms with van der Waals surface area (Å²) in [5, 5.41) is 17.3. The lowest BCUT2D eigenvalue weighted by Crippen LogP contribution is -2.24. The van der Waals surface area contributed by atoms with Gasteiger partial charge in [-0.25, -0.2) is 4.79 Å². The summed E-state index contributed by atoms with van der Waals surface area (Å²) >= 11 is 8.98. The quantitative estimate of drug-likeness (QED) is 0.622. The molecular weight excluding hydrogens is 356 g/mol. The third-order valence-corrected chi connectivity index (χ3v) is 5.37. The summed E-state index contributed by atoms with van der Waals surface area (Å²) in [4.78, 5) is 12.4. The number of thioether (sulfide) groups is 1. The van der Waals surface area contributed by atoms with Crippen molar-refractivity contribution in [3.8, 4) is 5.69 Å². The average Bonchev–Trinajstić information content (AvgIpc) is 3.14. The molecule has 0 saturated carbocycles. The van der Waals surface area contributed by atoms with Crippen molar-refractivity contribution in [3.05, 3.63) is 44.8 Å². The van der Waals surface area contributed by atoms with Crippen LogP contribution < -0.4 is 5.69 Å². The van der Waals surface area contributed by atoms with Gasteiger partial charge in [-0.05, 0) is 41.1 Å². The van der Waals surface area contributed by atoms with E-state index in [1.165, 1.54) is 20.7 Å². The van der Waals surface area contributed by atoms with E-state index in [2.05, 4.69) is 27.5 Å². The largest absolute Gasteiger partial charge is 0.368 e. The SMILES string of the molecule is CCCSc1nnc(Cn2nnn(-c3ccc(Cl)cc3)c2=O)s1. The van der Waals surface area contributed by atoms with E-state index in [-0.39, 0.29) is 12.2 Å². The van der Waals surface area contributed by atoms with Gasteiger partial charge in [-0.3, -0.25) is 0 Å². The van der Waals surface area contributed by atoms with E-state index < -0.39 is 0 Å². The van der Waals surface area contributed by atoms with Gasteiger partial charge in [0.1, 0.15) is 11.6 Å². The molecule has 0 aliphatic heterocycles. The second kappa shape index (κ2) is 7.24. The first-order valence-corrected chi connectivity index (χ1v) is 9.09. The Labute approximate surface area is 145 Å². The number of nitrogens with zero attached hydrogens (tertiary/aromatic N) is 6. The van der Waals surface area contributed by atoms with Crippen LogP contribution in [0.25, 0.3) is 5.69 Å². The van der Waals surface area contributed by atoms with Crippen LogP contribution in [-0.2, 0) is 6.54 Å². The van der Waals surface area contributed by atoms with Crippen LogP contribution in [0, 0.1) is 0 Å². The number of tetrazole rings is 1. The molecule has 0 amide bonds. The van der Waals surface area contributed by atoms with E-state index in [9.17, 15) is 4.79 Å². The summed E-state index contributed by atoms with van der Waals surface area (Å²) in [5.41, 5.74) is 0.285. The second-order valence-corrected chi connectivity index (χ2v) is 7.46. The summed E-state index contributed by atoms with van der Waals surface area (Å²) in [6.07, 6.45) is 1.08. The van der Waals surface area contributed by atoms with Crippen molar-refractivity contribution in [2.75, 3.05) is 5.75 Å². The van der Waals surface area contributed by atoms with E-state index in [1.54, 1.807) is 36.0 Å².